The highest BCUT2D eigenvalue weighted by Crippen LogP contribution is 2.22. The second-order valence-electron chi connectivity index (χ2n) is 7.28. The Morgan fingerprint density at radius 3 is 2.76 bits per heavy atom. The van der Waals surface area contributed by atoms with Gasteiger partial charge in [-0.15, -0.1) is 0 Å². The van der Waals surface area contributed by atoms with Crippen molar-refractivity contribution < 1.29 is 9.21 Å². The van der Waals surface area contributed by atoms with Crippen LogP contribution in [0.2, 0.25) is 0 Å². The zero-order valence-corrected chi connectivity index (χ0v) is 18.0. The molecule has 0 radical (unpaired) electrons. The van der Waals surface area contributed by atoms with Crippen LogP contribution in [-0.2, 0) is 17.8 Å². The van der Waals surface area contributed by atoms with Crippen LogP contribution in [0, 0.1) is 6.92 Å². The van der Waals surface area contributed by atoms with E-state index >= 15 is 0 Å². The largest absolute Gasteiger partial charge is 0.467 e. The van der Waals surface area contributed by atoms with Crippen LogP contribution in [0.4, 0.5) is 5.13 Å². The number of hydrogen-bond donors (Lipinski definition) is 1. The van der Waals surface area contributed by atoms with E-state index in [1.165, 1.54) is 22.7 Å². The molecular formula is C22H28N4O2S. The molecule has 3 aromatic rings. The number of carbonyl (C=O) groups is 1. The number of benzene rings is 1. The molecule has 1 unspecified atom stereocenters. The smallest absolute Gasteiger partial charge is 0.221 e. The summed E-state index contributed by atoms with van der Waals surface area (Å²) in [5.41, 5.74) is 2.42. The minimum absolute atomic E-state index is 0.0492. The molecule has 0 bridgehead atoms. The molecule has 0 saturated carbocycles. The summed E-state index contributed by atoms with van der Waals surface area (Å²) in [6, 6.07) is 12.4. The number of aryl methyl sites for hydroxylation is 1. The highest BCUT2D eigenvalue weighted by atomic mass is 32.1. The molecular weight excluding hydrogens is 384 g/mol. The normalized spacial score (nSPS) is 12.0. The summed E-state index contributed by atoms with van der Waals surface area (Å²) >= 11 is 1.36. The van der Waals surface area contributed by atoms with Gasteiger partial charge in [0.05, 0.1) is 12.8 Å². The Morgan fingerprint density at radius 1 is 1.28 bits per heavy atom. The van der Waals surface area contributed by atoms with E-state index in [1.807, 2.05) is 19.1 Å². The Bertz CT molecular complexity index is 890. The lowest BCUT2D eigenvalue weighted by Crippen LogP contribution is -2.35. The molecule has 0 aliphatic heterocycles. The molecule has 2 heterocycles. The van der Waals surface area contributed by atoms with Crippen molar-refractivity contribution in [3.05, 3.63) is 65.4 Å². The summed E-state index contributed by atoms with van der Waals surface area (Å²) in [4.78, 5) is 19.0. The molecule has 0 fully saturated rings. The van der Waals surface area contributed by atoms with Crippen molar-refractivity contribution in [2.24, 2.45) is 0 Å². The van der Waals surface area contributed by atoms with Crippen LogP contribution in [0.1, 0.15) is 49.4 Å². The van der Waals surface area contributed by atoms with Gasteiger partial charge in [0, 0.05) is 37.0 Å². The minimum Gasteiger partial charge on any atom is -0.467 e. The highest BCUT2D eigenvalue weighted by Gasteiger charge is 2.17. The fourth-order valence-corrected chi connectivity index (χ4v) is 3.56. The van der Waals surface area contributed by atoms with Crippen molar-refractivity contribution in [2.45, 2.75) is 52.6 Å². The van der Waals surface area contributed by atoms with Crippen LogP contribution < -0.4 is 10.2 Å². The van der Waals surface area contributed by atoms with E-state index in [9.17, 15) is 4.79 Å². The maximum atomic E-state index is 12.2. The summed E-state index contributed by atoms with van der Waals surface area (Å²) in [7, 11) is 0. The summed E-state index contributed by atoms with van der Waals surface area (Å²) in [6.07, 6.45) is 3.67. The number of nitrogens with zero attached hydrogens (tertiary/aromatic N) is 3. The lowest BCUT2D eigenvalue weighted by atomic mass is 10.1. The maximum Gasteiger partial charge on any atom is 0.221 e. The lowest BCUT2D eigenvalue weighted by molar-refractivity contribution is -0.121. The molecule has 6 nitrogen and oxygen atoms in total. The predicted molar refractivity (Wildman–Crippen MR) is 116 cm³/mol. The van der Waals surface area contributed by atoms with Gasteiger partial charge in [0.15, 0.2) is 0 Å². The van der Waals surface area contributed by atoms with Crippen molar-refractivity contribution in [3.8, 4) is 0 Å². The molecule has 2 aromatic heterocycles. The number of anilines is 1. The van der Waals surface area contributed by atoms with Crippen LogP contribution in [0.3, 0.4) is 0 Å². The zero-order chi connectivity index (χ0) is 20.6. The fourth-order valence-electron chi connectivity index (χ4n) is 2.85. The van der Waals surface area contributed by atoms with E-state index in [-0.39, 0.29) is 11.9 Å². The van der Waals surface area contributed by atoms with E-state index in [0.717, 1.165) is 23.1 Å². The van der Waals surface area contributed by atoms with Crippen LogP contribution in [0.5, 0.6) is 0 Å². The molecule has 1 amide bonds. The number of rotatable bonds is 10. The SMILES string of the molecule is CCC(C)NC(=O)CCN(Cc1ccco1)c1nc(Cc2ccc(C)cc2)ns1. The van der Waals surface area contributed by atoms with E-state index in [4.69, 9.17) is 9.40 Å². The Kier molecular flexibility index (Phi) is 7.41. The molecule has 0 saturated heterocycles. The first kappa shape index (κ1) is 21.0. The third-order valence-corrected chi connectivity index (χ3v) is 5.58. The molecule has 1 atom stereocenters. The van der Waals surface area contributed by atoms with Gasteiger partial charge >= 0.3 is 0 Å². The van der Waals surface area contributed by atoms with E-state index in [2.05, 4.69) is 52.7 Å². The van der Waals surface area contributed by atoms with Gasteiger partial charge in [-0.2, -0.15) is 4.37 Å². The standard InChI is InChI=1S/C22H28N4O2S/c1-4-17(3)23-21(27)11-12-26(15-19-6-5-13-28-19)22-24-20(25-29-22)14-18-9-7-16(2)8-10-18/h5-10,13,17H,4,11-12,14-15H2,1-3H3,(H,23,27). The quantitative estimate of drug-likeness (QED) is 0.536. The second-order valence-corrected chi connectivity index (χ2v) is 8.01. The van der Waals surface area contributed by atoms with Gasteiger partial charge in [-0.05, 0) is 38.0 Å². The molecule has 1 N–H and O–H groups in total. The van der Waals surface area contributed by atoms with Crippen LogP contribution in [0.15, 0.2) is 47.1 Å². The van der Waals surface area contributed by atoms with E-state index < -0.39 is 0 Å². The summed E-state index contributed by atoms with van der Waals surface area (Å²) in [5, 5.41) is 3.82. The Labute approximate surface area is 176 Å². The number of furan rings is 1. The molecule has 3 rings (SSSR count). The summed E-state index contributed by atoms with van der Waals surface area (Å²) in [6.45, 7) is 7.27. The topological polar surface area (TPSA) is 71.3 Å². The third kappa shape index (κ3) is 6.42. The molecule has 7 heteroatoms. The second kappa shape index (κ2) is 10.2. The number of nitrogens with one attached hydrogen (secondary N) is 1. The average Bonchev–Trinajstić information content (AvgIpc) is 3.39. The summed E-state index contributed by atoms with van der Waals surface area (Å²) < 4.78 is 10.0. The summed E-state index contributed by atoms with van der Waals surface area (Å²) in [5.74, 6) is 1.68. The molecule has 29 heavy (non-hydrogen) atoms. The van der Waals surface area contributed by atoms with Gasteiger partial charge in [-0.25, -0.2) is 4.98 Å². The maximum absolute atomic E-state index is 12.2. The third-order valence-electron chi connectivity index (χ3n) is 4.77. The van der Waals surface area contributed by atoms with Crippen molar-refractivity contribution >= 4 is 22.6 Å². The van der Waals surface area contributed by atoms with Crippen molar-refractivity contribution in [1.82, 2.24) is 14.7 Å². The Balaban J connectivity index is 1.67. The number of aromatic nitrogens is 2. The Hall–Kier alpha value is -2.67. The van der Waals surface area contributed by atoms with Gasteiger partial charge < -0.3 is 14.6 Å². The van der Waals surface area contributed by atoms with Crippen molar-refractivity contribution in [1.29, 1.82) is 0 Å². The fraction of sp³-hybridized carbons (Fsp3) is 0.409. The molecule has 0 aliphatic rings. The minimum atomic E-state index is 0.0492. The van der Waals surface area contributed by atoms with Gasteiger partial charge in [-0.3, -0.25) is 4.79 Å². The molecule has 0 aliphatic carbocycles. The first-order chi connectivity index (χ1) is 14.0. The predicted octanol–water partition coefficient (Wildman–Crippen LogP) is 4.34. The van der Waals surface area contributed by atoms with Crippen molar-refractivity contribution in [3.63, 3.8) is 0 Å². The lowest BCUT2D eigenvalue weighted by Gasteiger charge is -2.20. The average molecular weight is 413 g/mol. The number of carbonyl (C=O) groups excluding carboxylic acids is 1. The van der Waals surface area contributed by atoms with Crippen molar-refractivity contribution in [2.75, 3.05) is 11.4 Å². The zero-order valence-electron chi connectivity index (χ0n) is 17.2. The van der Waals surface area contributed by atoms with Crippen LogP contribution in [-0.4, -0.2) is 27.9 Å². The highest BCUT2D eigenvalue weighted by molar-refractivity contribution is 7.09. The first-order valence-electron chi connectivity index (χ1n) is 9.98. The van der Waals surface area contributed by atoms with Gasteiger partial charge in [0.25, 0.3) is 0 Å². The molecule has 1 aromatic carbocycles. The van der Waals surface area contributed by atoms with Gasteiger partial charge in [0.2, 0.25) is 11.0 Å². The van der Waals surface area contributed by atoms with Crippen LogP contribution in [0.25, 0.3) is 0 Å². The Morgan fingerprint density at radius 2 is 2.07 bits per heavy atom. The monoisotopic (exact) mass is 412 g/mol. The van der Waals surface area contributed by atoms with E-state index in [0.29, 0.717) is 25.9 Å². The van der Waals surface area contributed by atoms with Gasteiger partial charge in [0.1, 0.15) is 11.6 Å². The van der Waals surface area contributed by atoms with E-state index in [1.54, 1.807) is 6.26 Å². The molecule has 0 spiro atoms. The number of amides is 1. The molecule has 154 valence electrons. The van der Waals surface area contributed by atoms with Crippen LogP contribution >= 0.6 is 11.5 Å². The first-order valence-corrected chi connectivity index (χ1v) is 10.8. The number of hydrogen-bond acceptors (Lipinski definition) is 6. The van der Waals surface area contributed by atoms with Gasteiger partial charge in [-0.1, -0.05) is 36.8 Å².